The molecule has 0 aliphatic heterocycles. The van der Waals surface area contributed by atoms with Crippen LogP contribution in [0.15, 0.2) is 22.8 Å². The number of amides is 1. The molecular weight excluding hydrogens is 220 g/mol. The van der Waals surface area contributed by atoms with Crippen LogP contribution in [0, 0.1) is 0 Å². The fourth-order valence-corrected chi connectivity index (χ4v) is 1.29. The number of hydrogen-bond donors (Lipinski definition) is 2. The van der Waals surface area contributed by atoms with Gasteiger partial charge in [-0.25, -0.2) is 4.79 Å². The van der Waals surface area contributed by atoms with Gasteiger partial charge >= 0.3 is 6.09 Å². The van der Waals surface area contributed by atoms with E-state index in [-0.39, 0.29) is 6.04 Å². The third-order valence-electron chi connectivity index (χ3n) is 2.03. The molecule has 0 aliphatic rings. The number of carbonyl (C=O) groups is 1. The first kappa shape index (κ1) is 13.6. The molecule has 5 heteroatoms. The van der Waals surface area contributed by atoms with E-state index in [0.29, 0.717) is 13.0 Å². The Morgan fingerprint density at radius 1 is 1.59 bits per heavy atom. The number of alkyl carbamates (subject to hydrolysis) is 1. The quantitative estimate of drug-likeness (QED) is 0.845. The van der Waals surface area contributed by atoms with Crippen LogP contribution in [-0.4, -0.2) is 18.2 Å². The van der Waals surface area contributed by atoms with Crippen molar-refractivity contribution in [2.24, 2.45) is 5.73 Å². The molecule has 1 rings (SSSR count). The molecule has 0 bridgehead atoms. The predicted octanol–water partition coefficient (Wildman–Crippen LogP) is 2.19. The van der Waals surface area contributed by atoms with Crippen molar-refractivity contribution >= 4 is 6.09 Å². The van der Waals surface area contributed by atoms with Crippen LogP contribution in [0.4, 0.5) is 4.79 Å². The van der Waals surface area contributed by atoms with Crippen molar-refractivity contribution in [3.63, 3.8) is 0 Å². The lowest BCUT2D eigenvalue weighted by Crippen LogP contribution is -2.33. The number of hydrogen-bond acceptors (Lipinski definition) is 4. The zero-order valence-electron chi connectivity index (χ0n) is 10.5. The zero-order chi connectivity index (χ0) is 12.9. The van der Waals surface area contributed by atoms with Gasteiger partial charge in [-0.15, -0.1) is 0 Å². The first-order valence-electron chi connectivity index (χ1n) is 5.64. The van der Waals surface area contributed by atoms with Crippen LogP contribution < -0.4 is 11.1 Å². The van der Waals surface area contributed by atoms with Crippen LogP contribution >= 0.6 is 0 Å². The Hall–Kier alpha value is -1.49. The maximum Gasteiger partial charge on any atom is 0.407 e. The average Bonchev–Trinajstić information content (AvgIpc) is 2.66. The molecule has 1 aromatic heterocycles. The molecule has 1 heterocycles. The molecule has 0 unspecified atom stereocenters. The Morgan fingerprint density at radius 3 is 2.82 bits per heavy atom. The van der Waals surface area contributed by atoms with E-state index >= 15 is 0 Å². The number of nitrogens with two attached hydrogens (primary N) is 1. The minimum atomic E-state index is -0.479. The van der Waals surface area contributed by atoms with Gasteiger partial charge in [0.25, 0.3) is 0 Å². The maximum atomic E-state index is 11.3. The lowest BCUT2D eigenvalue weighted by Gasteiger charge is -2.20. The Morgan fingerprint density at radius 2 is 2.29 bits per heavy atom. The second-order valence-electron chi connectivity index (χ2n) is 4.84. The third-order valence-corrected chi connectivity index (χ3v) is 2.03. The molecule has 3 N–H and O–H groups in total. The normalized spacial score (nSPS) is 13.2. The number of nitrogens with one attached hydrogen (secondary N) is 1. The van der Waals surface area contributed by atoms with Crippen molar-refractivity contribution in [2.75, 3.05) is 6.54 Å². The monoisotopic (exact) mass is 240 g/mol. The molecule has 0 aliphatic carbocycles. The summed E-state index contributed by atoms with van der Waals surface area (Å²) in [5, 5.41) is 2.65. The van der Waals surface area contributed by atoms with Gasteiger partial charge in [-0.1, -0.05) is 0 Å². The van der Waals surface area contributed by atoms with Crippen LogP contribution in [0.3, 0.4) is 0 Å². The van der Waals surface area contributed by atoms with E-state index in [0.717, 1.165) is 5.76 Å². The minimum Gasteiger partial charge on any atom is -0.468 e. The molecule has 96 valence electrons. The van der Waals surface area contributed by atoms with E-state index in [9.17, 15) is 4.79 Å². The van der Waals surface area contributed by atoms with Crippen molar-refractivity contribution in [3.8, 4) is 0 Å². The molecule has 17 heavy (non-hydrogen) atoms. The summed E-state index contributed by atoms with van der Waals surface area (Å²) in [5.74, 6) is 0.719. The smallest absolute Gasteiger partial charge is 0.407 e. The summed E-state index contributed by atoms with van der Waals surface area (Å²) < 4.78 is 10.3. The molecule has 0 saturated carbocycles. The summed E-state index contributed by atoms with van der Waals surface area (Å²) in [7, 11) is 0. The molecule has 0 aromatic carbocycles. The van der Waals surface area contributed by atoms with Crippen molar-refractivity contribution in [1.82, 2.24) is 5.32 Å². The maximum absolute atomic E-state index is 11.3. The standard InChI is InChI=1S/C12H20N2O3/c1-12(2,3)17-11(15)14-7-6-9(13)10-5-4-8-16-10/h4-5,8-9H,6-7,13H2,1-3H3,(H,14,15)/t9-/m1/s1. The molecule has 1 atom stereocenters. The number of carbonyl (C=O) groups excluding carboxylic acids is 1. The highest BCUT2D eigenvalue weighted by atomic mass is 16.6. The van der Waals surface area contributed by atoms with Crippen molar-refractivity contribution in [1.29, 1.82) is 0 Å². The predicted molar refractivity (Wildman–Crippen MR) is 64.5 cm³/mol. The number of furan rings is 1. The van der Waals surface area contributed by atoms with Gasteiger partial charge in [0, 0.05) is 6.54 Å². The Bertz CT molecular complexity index is 341. The van der Waals surface area contributed by atoms with Crippen LogP contribution in [0.5, 0.6) is 0 Å². The first-order chi connectivity index (χ1) is 7.88. The first-order valence-corrected chi connectivity index (χ1v) is 5.64. The van der Waals surface area contributed by atoms with Gasteiger partial charge in [-0.05, 0) is 39.3 Å². The van der Waals surface area contributed by atoms with Crippen molar-refractivity contribution in [3.05, 3.63) is 24.2 Å². The summed E-state index contributed by atoms with van der Waals surface area (Å²) >= 11 is 0. The van der Waals surface area contributed by atoms with Gasteiger partial charge in [-0.3, -0.25) is 0 Å². The highest BCUT2D eigenvalue weighted by Crippen LogP contribution is 2.13. The van der Waals surface area contributed by atoms with E-state index < -0.39 is 11.7 Å². The molecular formula is C12H20N2O3. The molecule has 0 radical (unpaired) electrons. The van der Waals surface area contributed by atoms with Crippen molar-refractivity contribution in [2.45, 2.75) is 38.8 Å². The minimum absolute atomic E-state index is 0.208. The third kappa shape index (κ3) is 5.40. The number of rotatable bonds is 4. The molecule has 0 saturated heterocycles. The SMILES string of the molecule is CC(C)(C)OC(=O)NCC[C@@H](N)c1ccco1. The zero-order valence-corrected chi connectivity index (χ0v) is 10.5. The average molecular weight is 240 g/mol. The van der Waals surface area contributed by atoms with Crippen LogP contribution in [-0.2, 0) is 4.74 Å². The molecule has 0 spiro atoms. The summed E-state index contributed by atoms with van der Waals surface area (Å²) in [6.45, 7) is 5.92. The Kier molecular flexibility index (Phi) is 4.57. The fraction of sp³-hybridized carbons (Fsp3) is 0.583. The van der Waals surface area contributed by atoms with E-state index in [4.69, 9.17) is 14.9 Å². The van der Waals surface area contributed by atoms with E-state index in [1.807, 2.05) is 26.8 Å². The largest absolute Gasteiger partial charge is 0.468 e. The van der Waals surface area contributed by atoms with Crippen LogP contribution in [0.1, 0.15) is 39.0 Å². The lowest BCUT2D eigenvalue weighted by molar-refractivity contribution is 0.0526. The molecule has 1 aromatic rings. The summed E-state index contributed by atoms with van der Waals surface area (Å²) in [6, 6.07) is 3.40. The van der Waals surface area contributed by atoms with Gasteiger partial charge in [0.2, 0.25) is 0 Å². The number of ether oxygens (including phenoxy) is 1. The van der Waals surface area contributed by atoms with E-state index in [2.05, 4.69) is 5.32 Å². The topological polar surface area (TPSA) is 77.5 Å². The molecule has 5 nitrogen and oxygen atoms in total. The second-order valence-corrected chi connectivity index (χ2v) is 4.84. The van der Waals surface area contributed by atoms with E-state index in [1.54, 1.807) is 12.3 Å². The van der Waals surface area contributed by atoms with Crippen LogP contribution in [0.25, 0.3) is 0 Å². The van der Waals surface area contributed by atoms with Crippen molar-refractivity contribution < 1.29 is 13.9 Å². The van der Waals surface area contributed by atoms with Gasteiger partial charge in [0.05, 0.1) is 12.3 Å². The highest BCUT2D eigenvalue weighted by Gasteiger charge is 2.16. The molecule has 1 amide bonds. The summed E-state index contributed by atoms with van der Waals surface area (Å²) in [6.07, 6.45) is 1.76. The summed E-state index contributed by atoms with van der Waals surface area (Å²) in [4.78, 5) is 11.3. The van der Waals surface area contributed by atoms with E-state index in [1.165, 1.54) is 0 Å². The second kappa shape index (κ2) is 5.72. The van der Waals surface area contributed by atoms with Gasteiger partial charge in [-0.2, -0.15) is 0 Å². The fourth-order valence-electron chi connectivity index (χ4n) is 1.29. The van der Waals surface area contributed by atoms with Crippen LogP contribution in [0.2, 0.25) is 0 Å². The Labute approximate surface area is 101 Å². The van der Waals surface area contributed by atoms with Gasteiger partial charge < -0.3 is 20.2 Å². The van der Waals surface area contributed by atoms with Gasteiger partial charge in [0.1, 0.15) is 11.4 Å². The lowest BCUT2D eigenvalue weighted by atomic mass is 10.2. The highest BCUT2D eigenvalue weighted by molar-refractivity contribution is 5.67. The van der Waals surface area contributed by atoms with Gasteiger partial charge in [0.15, 0.2) is 0 Å². The Balaban J connectivity index is 2.22. The summed E-state index contributed by atoms with van der Waals surface area (Å²) in [5.41, 5.74) is 5.39. The molecule has 0 fully saturated rings.